The van der Waals surface area contributed by atoms with Crippen molar-refractivity contribution >= 4 is 0 Å². The summed E-state index contributed by atoms with van der Waals surface area (Å²) in [5.74, 6) is 5.02. The van der Waals surface area contributed by atoms with Crippen LogP contribution in [0.15, 0.2) is 24.3 Å². The minimum atomic E-state index is -0.270. The van der Waals surface area contributed by atoms with Gasteiger partial charge in [0, 0.05) is 7.11 Å². The number of halogens is 1. The average Bonchev–Trinajstić information content (AvgIpc) is 2.14. The van der Waals surface area contributed by atoms with Gasteiger partial charge in [-0.15, -0.1) is 0 Å². The number of nitrogens with one attached hydrogen (secondary N) is 1. The first-order valence-corrected chi connectivity index (χ1v) is 3.98. The summed E-state index contributed by atoms with van der Waals surface area (Å²) < 4.78 is 17.7. The molecule has 4 heteroatoms. The Morgan fingerprint density at radius 1 is 1.62 bits per heavy atom. The molecule has 1 aromatic rings. The van der Waals surface area contributed by atoms with Gasteiger partial charge >= 0.3 is 0 Å². The van der Waals surface area contributed by atoms with Crippen LogP contribution in [0.2, 0.25) is 0 Å². The van der Waals surface area contributed by atoms with Gasteiger partial charge in [-0.3, -0.25) is 11.3 Å². The van der Waals surface area contributed by atoms with E-state index in [9.17, 15) is 4.39 Å². The number of benzene rings is 1. The molecule has 0 aromatic heterocycles. The van der Waals surface area contributed by atoms with Crippen LogP contribution in [-0.4, -0.2) is 13.7 Å². The minimum Gasteiger partial charge on any atom is -0.383 e. The molecule has 0 amide bonds. The van der Waals surface area contributed by atoms with Crippen LogP contribution >= 0.6 is 0 Å². The first-order chi connectivity index (χ1) is 6.27. The Bertz CT molecular complexity index is 268. The molecule has 0 saturated carbocycles. The molecule has 0 aliphatic carbocycles. The lowest BCUT2D eigenvalue weighted by atomic mass is 10.1. The second kappa shape index (κ2) is 4.91. The third-order valence-corrected chi connectivity index (χ3v) is 1.79. The van der Waals surface area contributed by atoms with Crippen molar-refractivity contribution in [1.82, 2.24) is 5.43 Å². The Balaban J connectivity index is 2.78. The topological polar surface area (TPSA) is 47.3 Å². The van der Waals surface area contributed by atoms with Crippen LogP contribution in [0.3, 0.4) is 0 Å². The van der Waals surface area contributed by atoms with E-state index >= 15 is 0 Å². The van der Waals surface area contributed by atoms with Crippen molar-refractivity contribution < 1.29 is 9.13 Å². The first-order valence-electron chi connectivity index (χ1n) is 3.98. The highest BCUT2D eigenvalue weighted by Gasteiger charge is 2.08. The van der Waals surface area contributed by atoms with E-state index in [4.69, 9.17) is 10.6 Å². The maximum absolute atomic E-state index is 12.8. The van der Waals surface area contributed by atoms with Gasteiger partial charge in [-0.25, -0.2) is 4.39 Å². The molecule has 1 unspecified atom stereocenters. The zero-order valence-electron chi connectivity index (χ0n) is 7.46. The maximum Gasteiger partial charge on any atom is 0.123 e. The van der Waals surface area contributed by atoms with Crippen molar-refractivity contribution in [1.29, 1.82) is 0 Å². The van der Waals surface area contributed by atoms with Crippen molar-refractivity contribution in [3.63, 3.8) is 0 Å². The molecule has 3 N–H and O–H groups in total. The quantitative estimate of drug-likeness (QED) is 0.541. The van der Waals surface area contributed by atoms with Gasteiger partial charge in [-0.2, -0.15) is 0 Å². The Kier molecular flexibility index (Phi) is 3.82. The number of hydrazine groups is 1. The lowest BCUT2D eigenvalue weighted by molar-refractivity contribution is 0.167. The molecule has 3 nitrogen and oxygen atoms in total. The van der Waals surface area contributed by atoms with Gasteiger partial charge in [0.25, 0.3) is 0 Å². The molecule has 0 bridgehead atoms. The summed E-state index contributed by atoms with van der Waals surface area (Å²) in [7, 11) is 1.57. The number of nitrogens with two attached hydrogens (primary N) is 1. The van der Waals surface area contributed by atoms with Gasteiger partial charge in [0.2, 0.25) is 0 Å². The fraction of sp³-hybridized carbons (Fsp3) is 0.333. The lowest BCUT2D eigenvalue weighted by Crippen LogP contribution is -2.31. The van der Waals surface area contributed by atoms with E-state index in [-0.39, 0.29) is 11.9 Å². The molecule has 1 atom stereocenters. The predicted molar refractivity (Wildman–Crippen MR) is 48.3 cm³/mol. The lowest BCUT2D eigenvalue weighted by Gasteiger charge is -2.14. The van der Waals surface area contributed by atoms with Crippen LogP contribution in [0.25, 0.3) is 0 Å². The number of ether oxygens (including phenoxy) is 1. The molecule has 13 heavy (non-hydrogen) atoms. The molecule has 0 aliphatic heterocycles. The highest BCUT2D eigenvalue weighted by molar-refractivity contribution is 5.19. The normalized spacial score (nSPS) is 12.8. The zero-order chi connectivity index (χ0) is 9.68. The molecule has 0 aliphatic rings. The van der Waals surface area contributed by atoms with Gasteiger partial charge in [0.05, 0.1) is 12.6 Å². The number of hydrogen-bond acceptors (Lipinski definition) is 3. The molecule has 0 fully saturated rings. The van der Waals surface area contributed by atoms with Crippen molar-refractivity contribution in [2.75, 3.05) is 13.7 Å². The average molecular weight is 184 g/mol. The van der Waals surface area contributed by atoms with Crippen molar-refractivity contribution in [2.45, 2.75) is 6.04 Å². The third-order valence-electron chi connectivity index (χ3n) is 1.79. The van der Waals surface area contributed by atoms with Crippen molar-refractivity contribution in [3.8, 4) is 0 Å². The Morgan fingerprint density at radius 3 is 2.92 bits per heavy atom. The molecular formula is C9H13FN2O. The summed E-state index contributed by atoms with van der Waals surface area (Å²) in [6.07, 6.45) is 0. The molecule has 0 radical (unpaired) electrons. The Hall–Kier alpha value is -0.970. The molecular weight excluding hydrogens is 171 g/mol. The van der Waals surface area contributed by atoms with Gasteiger partial charge < -0.3 is 4.74 Å². The van der Waals surface area contributed by atoms with Gasteiger partial charge in [0.1, 0.15) is 5.82 Å². The monoisotopic (exact) mass is 184 g/mol. The van der Waals surface area contributed by atoms with Gasteiger partial charge in [0.15, 0.2) is 0 Å². The highest BCUT2D eigenvalue weighted by atomic mass is 19.1. The van der Waals surface area contributed by atoms with Crippen molar-refractivity contribution in [3.05, 3.63) is 35.6 Å². The largest absolute Gasteiger partial charge is 0.383 e. The first kappa shape index (κ1) is 10.1. The van der Waals surface area contributed by atoms with Gasteiger partial charge in [-0.1, -0.05) is 12.1 Å². The van der Waals surface area contributed by atoms with E-state index in [0.717, 1.165) is 5.56 Å². The second-order valence-corrected chi connectivity index (χ2v) is 2.73. The predicted octanol–water partition coefficient (Wildman–Crippen LogP) is 0.977. The van der Waals surface area contributed by atoms with Crippen LogP contribution in [0.1, 0.15) is 11.6 Å². The SMILES string of the molecule is COCC(NN)c1cccc(F)c1. The molecule has 0 saturated heterocycles. The van der Waals surface area contributed by atoms with E-state index in [1.165, 1.54) is 12.1 Å². The van der Waals surface area contributed by atoms with Crippen LogP contribution in [0, 0.1) is 5.82 Å². The number of hydrogen-bond donors (Lipinski definition) is 2. The maximum atomic E-state index is 12.8. The second-order valence-electron chi connectivity index (χ2n) is 2.73. The summed E-state index contributed by atoms with van der Waals surface area (Å²) in [5.41, 5.74) is 3.34. The van der Waals surface area contributed by atoms with Crippen LogP contribution < -0.4 is 11.3 Å². The summed E-state index contributed by atoms with van der Waals surface area (Å²) >= 11 is 0. The number of methoxy groups -OCH3 is 1. The summed E-state index contributed by atoms with van der Waals surface area (Å²) in [5, 5.41) is 0. The van der Waals surface area contributed by atoms with Gasteiger partial charge in [-0.05, 0) is 17.7 Å². The molecule has 72 valence electrons. The Labute approximate surface area is 76.7 Å². The molecule has 0 heterocycles. The number of rotatable bonds is 4. The Morgan fingerprint density at radius 2 is 2.38 bits per heavy atom. The van der Waals surface area contributed by atoms with Crippen molar-refractivity contribution in [2.24, 2.45) is 5.84 Å². The fourth-order valence-electron chi connectivity index (χ4n) is 1.13. The highest BCUT2D eigenvalue weighted by Crippen LogP contribution is 2.13. The standard InChI is InChI=1S/C9H13FN2O/c1-13-6-9(12-11)7-3-2-4-8(10)5-7/h2-5,9,12H,6,11H2,1H3. The molecule has 1 rings (SSSR count). The van der Waals surface area contributed by atoms with E-state index in [0.29, 0.717) is 6.61 Å². The van der Waals surface area contributed by atoms with E-state index < -0.39 is 0 Å². The van der Waals surface area contributed by atoms with Crippen LogP contribution in [0.5, 0.6) is 0 Å². The third kappa shape index (κ3) is 2.77. The van der Waals surface area contributed by atoms with E-state index in [2.05, 4.69) is 5.43 Å². The zero-order valence-corrected chi connectivity index (χ0v) is 7.46. The summed E-state index contributed by atoms with van der Waals surface area (Å²) in [4.78, 5) is 0. The smallest absolute Gasteiger partial charge is 0.123 e. The molecule has 1 aromatic carbocycles. The molecule has 0 spiro atoms. The van der Waals surface area contributed by atoms with E-state index in [1.807, 2.05) is 0 Å². The summed E-state index contributed by atoms with van der Waals surface area (Å²) in [6.45, 7) is 0.417. The summed E-state index contributed by atoms with van der Waals surface area (Å²) in [6, 6.07) is 6.10. The van der Waals surface area contributed by atoms with Crippen LogP contribution in [-0.2, 0) is 4.74 Å². The fourth-order valence-corrected chi connectivity index (χ4v) is 1.13. The van der Waals surface area contributed by atoms with E-state index in [1.54, 1.807) is 19.2 Å². The minimum absolute atomic E-state index is 0.166. The van der Waals surface area contributed by atoms with Crippen LogP contribution in [0.4, 0.5) is 4.39 Å².